The van der Waals surface area contributed by atoms with E-state index in [4.69, 9.17) is 15.9 Å². The summed E-state index contributed by atoms with van der Waals surface area (Å²) in [7, 11) is 0. The third kappa shape index (κ3) is 5.32. The van der Waals surface area contributed by atoms with Crippen molar-refractivity contribution >= 4 is 40.3 Å². The van der Waals surface area contributed by atoms with Gasteiger partial charge < -0.3 is 31.5 Å². The first-order valence-corrected chi connectivity index (χ1v) is 12.3. The number of β-lactam (4-membered cyclic amide) rings is 1. The van der Waals surface area contributed by atoms with E-state index in [0.29, 0.717) is 16.9 Å². The van der Waals surface area contributed by atoms with E-state index in [1.807, 2.05) is 12.1 Å². The minimum atomic E-state index is -1.15. The van der Waals surface area contributed by atoms with Crippen molar-refractivity contribution in [1.29, 1.82) is 0 Å². The zero-order valence-electron chi connectivity index (χ0n) is 19.7. The van der Waals surface area contributed by atoms with Crippen LogP contribution in [0.3, 0.4) is 0 Å². The summed E-state index contributed by atoms with van der Waals surface area (Å²) in [4.78, 5) is 37.2. The van der Waals surface area contributed by atoms with Gasteiger partial charge in [-0.05, 0) is 65.2 Å². The number of carboxylic acid groups (broad SMARTS) is 1. The number of amides is 2. The van der Waals surface area contributed by atoms with Crippen LogP contribution in [-0.4, -0.2) is 60.3 Å². The molecule has 0 aromatic heterocycles. The van der Waals surface area contributed by atoms with Crippen molar-refractivity contribution in [3.63, 3.8) is 0 Å². The Morgan fingerprint density at radius 2 is 1.54 bits per heavy atom. The number of aliphatic carboxylic acids is 1. The number of benzene rings is 3. The number of carbonyl (C=O) groups excluding carboxylic acids is 2. The minimum absolute atomic E-state index is 0.0120. The monoisotopic (exact) mass is 523 g/mol. The van der Waals surface area contributed by atoms with Gasteiger partial charge in [0.2, 0.25) is 5.91 Å². The Labute approximate surface area is 216 Å². The molecule has 10 nitrogen and oxygen atoms in total. The summed E-state index contributed by atoms with van der Waals surface area (Å²) in [5.41, 5.74) is 7.00. The maximum atomic E-state index is 12.3. The highest BCUT2D eigenvalue weighted by Crippen LogP contribution is 2.40. The summed E-state index contributed by atoms with van der Waals surface area (Å²) < 4.78 is 0. The van der Waals surface area contributed by atoms with E-state index in [1.54, 1.807) is 31.2 Å². The Bertz CT molecular complexity index is 1370. The third-order valence-electron chi connectivity index (χ3n) is 6.00. The molecule has 0 radical (unpaired) electrons. The van der Waals surface area contributed by atoms with E-state index < -0.39 is 35.2 Å². The Hall–Kier alpha value is -4.22. The number of hydrogen-bond acceptors (Lipinski definition) is 8. The predicted octanol–water partition coefficient (Wildman–Crippen LogP) is 2.40. The molecule has 3 aromatic carbocycles. The van der Waals surface area contributed by atoms with E-state index in [9.17, 15) is 24.6 Å². The summed E-state index contributed by atoms with van der Waals surface area (Å²) >= 11 is 1.40. The van der Waals surface area contributed by atoms with Crippen molar-refractivity contribution in [3.05, 3.63) is 77.5 Å². The topological polar surface area (TPSA) is 173 Å². The number of nitrogens with zero attached hydrogens (tertiary/aromatic N) is 1. The van der Waals surface area contributed by atoms with Crippen LogP contribution in [0.25, 0.3) is 10.8 Å². The van der Waals surface area contributed by atoms with Crippen molar-refractivity contribution in [3.8, 4) is 17.2 Å². The number of thioether (sulfide) groups is 1. The zero-order valence-corrected chi connectivity index (χ0v) is 20.5. The van der Waals surface area contributed by atoms with Crippen LogP contribution in [0.2, 0.25) is 0 Å². The SMILES string of the molecule is CC1=C(C(=O)O)N2C(=O)[C@@H](NC(=O)[C@H](N)c3ccc(O)cc3)[C@H]2SC1.Oc1ccc2ccc(O)cc2c1. The number of aromatic hydroxyl groups is 3. The van der Waals surface area contributed by atoms with E-state index in [1.165, 1.54) is 40.9 Å². The lowest BCUT2D eigenvalue weighted by Gasteiger charge is -2.49. The Morgan fingerprint density at radius 3 is 2.11 bits per heavy atom. The second kappa shape index (κ2) is 10.4. The predicted molar refractivity (Wildman–Crippen MR) is 138 cm³/mol. The maximum Gasteiger partial charge on any atom is 0.352 e. The van der Waals surface area contributed by atoms with Gasteiger partial charge in [-0.15, -0.1) is 11.8 Å². The van der Waals surface area contributed by atoms with Crippen LogP contribution in [0.1, 0.15) is 18.5 Å². The molecule has 2 aliphatic heterocycles. The highest BCUT2D eigenvalue weighted by molar-refractivity contribution is 8.00. The van der Waals surface area contributed by atoms with Crippen LogP contribution < -0.4 is 11.1 Å². The van der Waals surface area contributed by atoms with Gasteiger partial charge in [-0.1, -0.05) is 24.3 Å². The minimum Gasteiger partial charge on any atom is -0.508 e. The van der Waals surface area contributed by atoms with Gasteiger partial charge in [0, 0.05) is 5.75 Å². The highest BCUT2D eigenvalue weighted by Gasteiger charge is 2.53. The molecule has 0 spiro atoms. The maximum absolute atomic E-state index is 12.3. The number of carboxylic acids is 1. The molecule has 3 aromatic rings. The molecule has 1 fully saturated rings. The molecule has 5 rings (SSSR count). The fourth-order valence-corrected chi connectivity index (χ4v) is 5.37. The fourth-order valence-electron chi connectivity index (χ4n) is 4.07. The number of rotatable bonds is 4. The lowest BCUT2D eigenvalue weighted by molar-refractivity contribution is -0.150. The second-order valence-electron chi connectivity index (χ2n) is 8.62. The molecule has 2 aliphatic rings. The van der Waals surface area contributed by atoms with Gasteiger partial charge in [0.05, 0.1) is 0 Å². The molecule has 37 heavy (non-hydrogen) atoms. The van der Waals surface area contributed by atoms with Gasteiger partial charge in [0.1, 0.15) is 40.4 Å². The van der Waals surface area contributed by atoms with E-state index in [2.05, 4.69) is 5.32 Å². The second-order valence-corrected chi connectivity index (χ2v) is 9.72. The van der Waals surface area contributed by atoms with Gasteiger partial charge in [0.25, 0.3) is 5.91 Å². The van der Waals surface area contributed by atoms with Gasteiger partial charge in [-0.25, -0.2) is 4.79 Å². The van der Waals surface area contributed by atoms with E-state index in [-0.39, 0.29) is 22.9 Å². The number of nitrogens with two attached hydrogens (primary N) is 1. The van der Waals surface area contributed by atoms with Gasteiger partial charge in [-0.2, -0.15) is 0 Å². The lowest BCUT2D eigenvalue weighted by atomic mass is 10.0. The average molecular weight is 524 g/mol. The van der Waals surface area contributed by atoms with Crippen molar-refractivity contribution in [2.24, 2.45) is 5.73 Å². The van der Waals surface area contributed by atoms with Crippen molar-refractivity contribution in [2.75, 3.05) is 5.75 Å². The Kier molecular flexibility index (Phi) is 7.28. The smallest absolute Gasteiger partial charge is 0.352 e. The standard InChI is InChI=1S/C16H17N3O5S.C10H8O2/c1-7-6-25-15-11(14(22)19(15)12(7)16(23)24)18-13(21)10(17)8-2-4-9(20)5-3-8;11-9-3-1-7-2-4-10(12)6-8(7)5-9/h2-5,10-11,15,20H,6,17H2,1H3,(H,18,21)(H,23,24);1-6,11-12H/t10-,11-,15-;/m1./s1. The molecular formula is C26H25N3O7S. The van der Waals surface area contributed by atoms with Crippen LogP contribution in [0.5, 0.6) is 17.2 Å². The normalized spacial score (nSPS) is 19.3. The number of fused-ring (bicyclic) bond motifs is 2. The molecule has 3 atom stereocenters. The summed E-state index contributed by atoms with van der Waals surface area (Å²) in [5.74, 6) is -1.18. The Morgan fingerprint density at radius 1 is 0.973 bits per heavy atom. The Balaban J connectivity index is 0.000000222. The molecule has 2 heterocycles. The largest absolute Gasteiger partial charge is 0.508 e. The summed E-state index contributed by atoms with van der Waals surface area (Å²) in [5, 5.41) is 40.8. The van der Waals surface area contributed by atoms with Crippen LogP contribution in [0.15, 0.2) is 71.9 Å². The molecule has 0 saturated carbocycles. The number of carbonyl (C=O) groups is 3. The number of nitrogens with one attached hydrogen (secondary N) is 1. The van der Waals surface area contributed by atoms with E-state index in [0.717, 1.165) is 10.8 Å². The van der Waals surface area contributed by atoms with Crippen LogP contribution in [0, 0.1) is 0 Å². The van der Waals surface area contributed by atoms with Crippen LogP contribution in [0.4, 0.5) is 0 Å². The number of phenols is 3. The molecule has 2 amide bonds. The van der Waals surface area contributed by atoms with Gasteiger partial charge >= 0.3 is 5.97 Å². The third-order valence-corrected chi connectivity index (χ3v) is 7.43. The van der Waals surface area contributed by atoms with E-state index >= 15 is 0 Å². The molecule has 0 unspecified atom stereocenters. The quantitative estimate of drug-likeness (QED) is 0.281. The first-order valence-electron chi connectivity index (χ1n) is 11.2. The summed E-state index contributed by atoms with van der Waals surface area (Å²) in [6.45, 7) is 1.67. The molecule has 192 valence electrons. The van der Waals surface area contributed by atoms with Crippen molar-refractivity contribution in [1.82, 2.24) is 10.2 Å². The molecule has 11 heteroatoms. The first kappa shape index (κ1) is 25.9. The van der Waals surface area contributed by atoms with Gasteiger partial charge in [0.15, 0.2) is 0 Å². The van der Waals surface area contributed by atoms with Gasteiger partial charge in [-0.3, -0.25) is 14.5 Å². The number of hydrogen-bond donors (Lipinski definition) is 6. The molecule has 7 N–H and O–H groups in total. The number of phenolic OH excluding ortho intramolecular Hbond substituents is 3. The van der Waals surface area contributed by atoms with Crippen LogP contribution in [-0.2, 0) is 14.4 Å². The van der Waals surface area contributed by atoms with Crippen molar-refractivity contribution < 1.29 is 34.8 Å². The summed E-state index contributed by atoms with van der Waals surface area (Å²) in [6, 6.07) is 14.2. The van der Waals surface area contributed by atoms with Crippen LogP contribution >= 0.6 is 11.8 Å². The average Bonchev–Trinajstić information content (AvgIpc) is 2.86. The molecule has 0 aliphatic carbocycles. The summed E-state index contributed by atoms with van der Waals surface area (Å²) in [6.07, 6.45) is 0. The molecule has 1 saturated heterocycles. The zero-order chi connectivity index (χ0) is 26.9. The first-order chi connectivity index (χ1) is 17.6. The van der Waals surface area contributed by atoms with Crippen molar-refractivity contribution in [2.45, 2.75) is 24.4 Å². The lowest BCUT2D eigenvalue weighted by Crippen LogP contribution is -2.71. The molecule has 0 bridgehead atoms. The highest BCUT2D eigenvalue weighted by atomic mass is 32.2. The molecular weight excluding hydrogens is 498 g/mol. The fraction of sp³-hybridized carbons (Fsp3) is 0.192.